The lowest BCUT2D eigenvalue weighted by atomic mass is 10.2. The molecule has 26 heavy (non-hydrogen) atoms. The summed E-state index contributed by atoms with van der Waals surface area (Å²) in [7, 11) is -2.57. The van der Waals surface area contributed by atoms with Gasteiger partial charge < -0.3 is 4.42 Å². The highest BCUT2D eigenvalue weighted by Crippen LogP contribution is 2.31. The maximum absolute atomic E-state index is 12.8. The SMILES string of the molecule is Cc1ccc(S(=O)(=O)N(C)c2oc(-c3ccc(Cl)cc3)nc2C#N)cc1. The van der Waals surface area contributed by atoms with Gasteiger partial charge in [-0.05, 0) is 43.3 Å². The first kappa shape index (κ1) is 18.0. The first-order chi connectivity index (χ1) is 12.3. The summed E-state index contributed by atoms with van der Waals surface area (Å²) in [5, 5.41) is 9.87. The van der Waals surface area contributed by atoms with E-state index in [4.69, 9.17) is 16.0 Å². The van der Waals surface area contributed by atoms with Crippen molar-refractivity contribution in [3.63, 3.8) is 0 Å². The molecule has 6 nitrogen and oxygen atoms in total. The van der Waals surface area contributed by atoms with Crippen LogP contribution in [0, 0.1) is 18.3 Å². The molecule has 8 heteroatoms. The summed E-state index contributed by atoms with van der Waals surface area (Å²) in [5.74, 6) is -0.00259. The molecule has 0 amide bonds. The molecule has 0 saturated heterocycles. The number of hydrogen-bond acceptors (Lipinski definition) is 5. The van der Waals surface area contributed by atoms with Crippen molar-refractivity contribution in [2.75, 3.05) is 11.4 Å². The van der Waals surface area contributed by atoms with Gasteiger partial charge >= 0.3 is 0 Å². The minimum Gasteiger partial charge on any atom is -0.418 e. The topological polar surface area (TPSA) is 87.2 Å². The van der Waals surface area contributed by atoms with E-state index in [0.717, 1.165) is 9.87 Å². The maximum atomic E-state index is 12.8. The lowest BCUT2D eigenvalue weighted by Gasteiger charge is -2.16. The van der Waals surface area contributed by atoms with E-state index in [1.807, 2.05) is 13.0 Å². The van der Waals surface area contributed by atoms with Crippen molar-refractivity contribution in [2.45, 2.75) is 11.8 Å². The monoisotopic (exact) mass is 387 g/mol. The van der Waals surface area contributed by atoms with Gasteiger partial charge in [0.2, 0.25) is 17.5 Å². The normalized spacial score (nSPS) is 11.2. The van der Waals surface area contributed by atoms with E-state index in [9.17, 15) is 13.7 Å². The molecule has 1 aromatic heterocycles. The van der Waals surface area contributed by atoms with E-state index < -0.39 is 10.0 Å². The molecule has 3 rings (SSSR count). The molecule has 0 spiro atoms. The van der Waals surface area contributed by atoms with Gasteiger partial charge in [0.1, 0.15) is 6.07 Å². The second-order valence-electron chi connectivity index (χ2n) is 5.58. The van der Waals surface area contributed by atoms with Crippen LogP contribution < -0.4 is 4.31 Å². The number of rotatable bonds is 4. The highest BCUT2D eigenvalue weighted by atomic mass is 35.5. The number of hydrogen-bond donors (Lipinski definition) is 0. The standard InChI is InChI=1S/C18H14ClN3O3S/c1-12-3-9-15(10-4-12)26(23,24)22(2)18-16(11-20)21-17(25-18)13-5-7-14(19)8-6-13/h3-10H,1-2H3. The van der Waals surface area contributed by atoms with Crippen molar-refractivity contribution in [2.24, 2.45) is 0 Å². The quantitative estimate of drug-likeness (QED) is 0.675. The predicted molar refractivity (Wildman–Crippen MR) is 98.4 cm³/mol. The molecule has 3 aromatic rings. The number of nitriles is 1. The Morgan fingerprint density at radius 3 is 2.31 bits per heavy atom. The minimum absolute atomic E-state index is 0.0962. The van der Waals surface area contributed by atoms with E-state index in [1.165, 1.54) is 19.2 Å². The molecular weight excluding hydrogens is 374 g/mol. The van der Waals surface area contributed by atoms with Crippen molar-refractivity contribution in [3.8, 4) is 17.5 Å². The van der Waals surface area contributed by atoms with Crippen LogP contribution in [0.2, 0.25) is 5.02 Å². The molecule has 0 unspecified atom stereocenters. The van der Waals surface area contributed by atoms with E-state index in [-0.39, 0.29) is 22.4 Å². The zero-order valence-corrected chi connectivity index (χ0v) is 15.5. The fourth-order valence-corrected chi connectivity index (χ4v) is 3.56. The number of aromatic nitrogens is 1. The van der Waals surface area contributed by atoms with Crippen LogP contribution in [0.5, 0.6) is 0 Å². The van der Waals surface area contributed by atoms with Crippen molar-refractivity contribution in [1.29, 1.82) is 5.26 Å². The highest BCUT2D eigenvalue weighted by molar-refractivity contribution is 7.92. The third-order valence-electron chi connectivity index (χ3n) is 3.77. The van der Waals surface area contributed by atoms with Gasteiger partial charge in [-0.2, -0.15) is 10.2 Å². The number of aryl methyl sites for hydroxylation is 1. The first-order valence-corrected chi connectivity index (χ1v) is 9.37. The molecule has 0 atom stereocenters. The highest BCUT2D eigenvalue weighted by Gasteiger charge is 2.28. The van der Waals surface area contributed by atoms with Gasteiger partial charge in [-0.3, -0.25) is 0 Å². The van der Waals surface area contributed by atoms with Gasteiger partial charge in [0.25, 0.3) is 10.0 Å². The molecular formula is C18H14ClN3O3S. The number of nitrogens with zero attached hydrogens (tertiary/aromatic N) is 3. The molecule has 0 fully saturated rings. The molecule has 0 aliphatic heterocycles. The molecule has 0 radical (unpaired) electrons. The van der Waals surface area contributed by atoms with Crippen molar-refractivity contribution in [3.05, 3.63) is 64.8 Å². The van der Waals surface area contributed by atoms with Crippen LogP contribution in [0.4, 0.5) is 5.88 Å². The number of sulfonamides is 1. The van der Waals surface area contributed by atoms with E-state index >= 15 is 0 Å². The Morgan fingerprint density at radius 1 is 1.12 bits per heavy atom. The fourth-order valence-electron chi connectivity index (χ4n) is 2.29. The van der Waals surface area contributed by atoms with Gasteiger partial charge in [0.05, 0.1) is 4.90 Å². The van der Waals surface area contributed by atoms with Crippen molar-refractivity contribution < 1.29 is 12.8 Å². The van der Waals surface area contributed by atoms with Crippen LogP contribution in [0.25, 0.3) is 11.5 Å². The summed E-state index contributed by atoms with van der Waals surface area (Å²) < 4.78 is 32.1. The summed E-state index contributed by atoms with van der Waals surface area (Å²) in [6, 6.07) is 14.9. The molecule has 0 aliphatic rings. The number of anilines is 1. The minimum atomic E-state index is -3.89. The third-order valence-corrected chi connectivity index (χ3v) is 5.78. The van der Waals surface area contributed by atoms with Crippen LogP contribution in [0.3, 0.4) is 0 Å². The van der Waals surface area contributed by atoms with E-state index in [1.54, 1.807) is 36.4 Å². The summed E-state index contributed by atoms with van der Waals surface area (Å²) in [4.78, 5) is 4.19. The summed E-state index contributed by atoms with van der Waals surface area (Å²) in [5.41, 5.74) is 1.40. The van der Waals surface area contributed by atoms with E-state index in [2.05, 4.69) is 4.98 Å². The Morgan fingerprint density at radius 2 is 1.73 bits per heavy atom. The van der Waals surface area contributed by atoms with Gasteiger partial charge in [-0.1, -0.05) is 29.3 Å². The largest absolute Gasteiger partial charge is 0.418 e. The fraction of sp³-hybridized carbons (Fsp3) is 0.111. The molecule has 0 N–H and O–H groups in total. The third kappa shape index (κ3) is 3.29. The van der Waals surface area contributed by atoms with Crippen molar-refractivity contribution >= 4 is 27.5 Å². The molecule has 0 bridgehead atoms. The van der Waals surface area contributed by atoms with Crippen LogP contribution >= 0.6 is 11.6 Å². The molecule has 0 aliphatic carbocycles. The smallest absolute Gasteiger partial charge is 0.266 e. The molecule has 132 valence electrons. The zero-order chi connectivity index (χ0) is 18.9. The summed E-state index contributed by atoms with van der Waals surface area (Å²) >= 11 is 5.86. The van der Waals surface area contributed by atoms with E-state index in [0.29, 0.717) is 10.6 Å². The Bertz CT molecular complexity index is 1080. The van der Waals surface area contributed by atoms with Crippen LogP contribution in [0.1, 0.15) is 11.3 Å². The zero-order valence-electron chi connectivity index (χ0n) is 14.0. The Kier molecular flexibility index (Phi) is 4.72. The number of halogens is 1. The molecule has 0 saturated carbocycles. The van der Waals surface area contributed by atoms with Gasteiger partial charge in [0.15, 0.2) is 0 Å². The average Bonchev–Trinajstić information content (AvgIpc) is 3.06. The average molecular weight is 388 g/mol. The maximum Gasteiger partial charge on any atom is 0.266 e. The number of benzene rings is 2. The van der Waals surface area contributed by atoms with Gasteiger partial charge in [-0.15, -0.1) is 0 Å². The lowest BCUT2D eigenvalue weighted by molar-refractivity contribution is 0.563. The second-order valence-corrected chi connectivity index (χ2v) is 7.98. The molecule has 1 heterocycles. The Balaban J connectivity index is 2.04. The molecule has 2 aromatic carbocycles. The summed E-state index contributed by atoms with van der Waals surface area (Å²) in [6.45, 7) is 1.86. The first-order valence-electron chi connectivity index (χ1n) is 7.55. The van der Waals surface area contributed by atoms with Crippen LogP contribution in [-0.2, 0) is 10.0 Å². The lowest BCUT2D eigenvalue weighted by Crippen LogP contribution is -2.26. The van der Waals surface area contributed by atoms with Crippen LogP contribution in [0.15, 0.2) is 57.8 Å². The second kappa shape index (κ2) is 6.83. The predicted octanol–water partition coefficient (Wildman–Crippen LogP) is 4.00. The van der Waals surface area contributed by atoms with Crippen LogP contribution in [-0.4, -0.2) is 20.4 Å². The van der Waals surface area contributed by atoms with Crippen molar-refractivity contribution in [1.82, 2.24) is 4.98 Å². The number of oxazole rings is 1. The van der Waals surface area contributed by atoms with Gasteiger partial charge in [-0.25, -0.2) is 12.7 Å². The Hall–Kier alpha value is -2.82. The summed E-state index contributed by atoms with van der Waals surface area (Å²) in [6.07, 6.45) is 0. The van der Waals surface area contributed by atoms with Gasteiger partial charge in [0, 0.05) is 17.6 Å². The Labute approximate surface area is 156 Å².